The summed E-state index contributed by atoms with van der Waals surface area (Å²) in [6.45, 7) is -0.0663. The summed E-state index contributed by atoms with van der Waals surface area (Å²) in [5.41, 5.74) is 0.153. The normalized spacial score (nSPS) is 26.4. The second-order valence-corrected chi connectivity index (χ2v) is 18.2. The molecule has 13 nitrogen and oxygen atoms in total. The van der Waals surface area contributed by atoms with Gasteiger partial charge in [0.15, 0.2) is 16.8 Å². The average Bonchev–Trinajstić information content (AvgIpc) is 3.97. The van der Waals surface area contributed by atoms with Crippen molar-refractivity contribution in [3.05, 3.63) is 82.5 Å². The molecule has 3 N–H and O–H groups in total. The van der Waals surface area contributed by atoms with Crippen molar-refractivity contribution >= 4 is 50.3 Å². The van der Waals surface area contributed by atoms with Crippen LogP contribution in [0.2, 0.25) is 0 Å². The molecule has 18 heteroatoms. The number of hydrogen-bond donors (Lipinski definition) is 3. The highest BCUT2D eigenvalue weighted by molar-refractivity contribution is 7.91. The lowest BCUT2D eigenvalue weighted by Gasteiger charge is -2.29. The Kier molecular flexibility index (Phi) is 10.5. The monoisotopic (exact) mass is 826 g/mol. The molecule has 3 fully saturated rings. The lowest BCUT2D eigenvalue weighted by molar-refractivity contribution is -0.140. The summed E-state index contributed by atoms with van der Waals surface area (Å²) in [5.74, 6) is -5.01. The number of ether oxygens (including phenoxy) is 1. The molecule has 0 spiro atoms. The minimum absolute atomic E-state index is 0.0111. The number of allylic oxidation sites excluding steroid dienone is 1. The maximum atomic E-state index is 14.6. The third-order valence-corrected chi connectivity index (χ3v) is 13.9. The summed E-state index contributed by atoms with van der Waals surface area (Å²) in [7, 11) is -3.94. The molecule has 1 saturated heterocycles. The molecule has 302 valence electrons. The SMILES string of the molecule is O=C1N[C@]2(C(=O)NS(=O)(=O)C3CC3)C[C@H]2C=CCCCCC[C@H](Nc2nc(-c3ccc(F)c(F)c3)cs2)C(=O)N2C[C@H](OC(=O)N3Cc4cccc(F)c4C3)C[C@@H]12. The van der Waals surface area contributed by atoms with Gasteiger partial charge in [-0.2, -0.15) is 0 Å². The van der Waals surface area contributed by atoms with Crippen LogP contribution in [-0.4, -0.2) is 82.5 Å². The fourth-order valence-electron chi connectivity index (χ4n) is 7.85. The third kappa shape index (κ3) is 8.10. The van der Waals surface area contributed by atoms with E-state index in [0.29, 0.717) is 59.6 Å². The molecule has 0 unspecified atom stereocenters. The quantitative estimate of drug-likeness (QED) is 0.274. The largest absolute Gasteiger partial charge is 0.444 e. The first-order chi connectivity index (χ1) is 27.3. The van der Waals surface area contributed by atoms with E-state index in [1.165, 1.54) is 21.9 Å². The Labute approximate surface area is 331 Å². The number of carbonyl (C=O) groups is 4. The summed E-state index contributed by atoms with van der Waals surface area (Å²) in [6.07, 6.45) is 6.04. The zero-order chi connectivity index (χ0) is 40.1. The van der Waals surface area contributed by atoms with E-state index in [0.717, 1.165) is 36.3 Å². The van der Waals surface area contributed by atoms with Gasteiger partial charge >= 0.3 is 6.09 Å². The second kappa shape index (κ2) is 15.4. The van der Waals surface area contributed by atoms with E-state index in [1.54, 1.807) is 17.5 Å². The number of anilines is 1. The third-order valence-electron chi connectivity index (χ3n) is 11.3. The van der Waals surface area contributed by atoms with Crippen molar-refractivity contribution < 1.29 is 45.5 Å². The Morgan fingerprint density at radius 1 is 1.00 bits per heavy atom. The topological polar surface area (TPSA) is 167 Å². The number of thiazole rings is 1. The zero-order valence-electron chi connectivity index (χ0n) is 30.7. The number of amides is 4. The van der Waals surface area contributed by atoms with Gasteiger partial charge in [0.05, 0.1) is 24.0 Å². The maximum absolute atomic E-state index is 14.6. The Bertz CT molecular complexity index is 2250. The van der Waals surface area contributed by atoms with E-state index >= 15 is 0 Å². The van der Waals surface area contributed by atoms with Crippen molar-refractivity contribution in [1.29, 1.82) is 0 Å². The molecular weight excluding hydrogens is 786 g/mol. The van der Waals surface area contributed by atoms with Crippen LogP contribution in [0.4, 0.5) is 23.1 Å². The molecule has 2 aromatic carbocycles. The summed E-state index contributed by atoms with van der Waals surface area (Å²) < 4.78 is 75.8. The predicted molar refractivity (Wildman–Crippen MR) is 202 cm³/mol. The number of hydrogen-bond acceptors (Lipinski definition) is 10. The van der Waals surface area contributed by atoms with Gasteiger partial charge in [0.2, 0.25) is 21.8 Å². The molecule has 1 aromatic heterocycles. The number of aromatic nitrogens is 1. The fourth-order valence-corrected chi connectivity index (χ4v) is 9.99. The molecule has 5 atom stereocenters. The average molecular weight is 827 g/mol. The van der Waals surface area contributed by atoms with Gasteiger partial charge in [-0.3, -0.25) is 24.0 Å². The van der Waals surface area contributed by atoms with E-state index in [9.17, 15) is 40.8 Å². The van der Waals surface area contributed by atoms with Crippen LogP contribution in [0.1, 0.15) is 68.9 Å². The van der Waals surface area contributed by atoms with E-state index in [2.05, 4.69) is 20.3 Å². The summed E-state index contributed by atoms with van der Waals surface area (Å²) in [5, 5.41) is 7.30. The fraction of sp³-hybridized carbons (Fsp3) is 0.462. The summed E-state index contributed by atoms with van der Waals surface area (Å²) in [6, 6.07) is 5.89. The standard InChI is InChI=1S/C39H41F3N6O7S2/c40-28-9-6-7-23-18-47(20-27(23)28)38(52)55-25-16-33-34(49)45-39(36(51)46-57(53,54)26-12-13-26)17-24(39)8-4-2-1-3-5-10-31(35(50)48(33)19-25)43-37-44-32(21-56-37)22-11-14-29(41)30(42)15-22/h4,6-9,11,14-15,21,24-26,31,33H,1-3,5,10,12-13,16-20H2,(H,43,44)(H,45,49)(H,46,51)/t24-,25-,31+,33+,39-/m1/s1. The minimum Gasteiger partial charge on any atom is -0.444 e. The number of carbonyl (C=O) groups excluding carboxylic acids is 4. The van der Waals surface area contributed by atoms with E-state index in [1.807, 2.05) is 12.2 Å². The Balaban J connectivity index is 1.06. The van der Waals surface area contributed by atoms with E-state index < -0.39 is 86.2 Å². The van der Waals surface area contributed by atoms with Crippen molar-refractivity contribution in [2.45, 2.75) is 99.9 Å². The number of halogens is 3. The Hall–Kier alpha value is -4.97. The van der Waals surface area contributed by atoms with Crippen LogP contribution in [0, 0.1) is 23.4 Å². The highest BCUT2D eigenvalue weighted by Gasteiger charge is 2.62. The van der Waals surface area contributed by atoms with Crippen molar-refractivity contribution in [2.75, 3.05) is 11.9 Å². The molecule has 2 aliphatic carbocycles. The Morgan fingerprint density at radius 2 is 1.82 bits per heavy atom. The number of rotatable bonds is 7. The summed E-state index contributed by atoms with van der Waals surface area (Å²) >= 11 is 1.16. The highest BCUT2D eigenvalue weighted by atomic mass is 32.2. The van der Waals surface area contributed by atoms with Crippen LogP contribution in [0.3, 0.4) is 0 Å². The lowest BCUT2D eigenvalue weighted by Crippen LogP contribution is -2.57. The second-order valence-electron chi connectivity index (χ2n) is 15.4. The van der Waals surface area contributed by atoms with E-state index in [-0.39, 0.29) is 32.5 Å². The molecule has 0 radical (unpaired) electrons. The molecule has 0 bridgehead atoms. The molecular formula is C39H41F3N6O7S2. The van der Waals surface area contributed by atoms with Gasteiger partial charge in [0.25, 0.3) is 5.91 Å². The first kappa shape index (κ1) is 38.9. The highest BCUT2D eigenvalue weighted by Crippen LogP contribution is 2.46. The van der Waals surface area contributed by atoms with Crippen molar-refractivity contribution in [3.63, 3.8) is 0 Å². The molecule has 8 rings (SSSR count). The molecule has 57 heavy (non-hydrogen) atoms. The summed E-state index contributed by atoms with van der Waals surface area (Å²) in [4.78, 5) is 63.3. The maximum Gasteiger partial charge on any atom is 0.410 e. The van der Waals surface area contributed by atoms with Crippen molar-refractivity contribution in [1.82, 2.24) is 24.8 Å². The van der Waals surface area contributed by atoms with Crippen LogP contribution in [-0.2, 0) is 42.2 Å². The molecule has 5 aliphatic rings. The lowest BCUT2D eigenvalue weighted by atomic mass is 10.1. The number of nitrogens with zero attached hydrogens (tertiary/aromatic N) is 3. The number of sulfonamides is 1. The van der Waals surface area contributed by atoms with Gasteiger partial charge in [-0.25, -0.2) is 31.4 Å². The van der Waals surface area contributed by atoms with Gasteiger partial charge in [-0.1, -0.05) is 37.1 Å². The zero-order valence-corrected chi connectivity index (χ0v) is 32.4. The van der Waals surface area contributed by atoms with Gasteiger partial charge in [0, 0.05) is 35.4 Å². The van der Waals surface area contributed by atoms with E-state index in [4.69, 9.17) is 4.74 Å². The minimum atomic E-state index is -3.94. The first-order valence-electron chi connectivity index (χ1n) is 19.1. The molecule has 3 aliphatic heterocycles. The van der Waals surface area contributed by atoms with Gasteiger partial charge < -0.3 is 20.3 Å². The Morgan fingerprint density at radius 3 is 2.60 bits per heavy atom. The molecule has 4 amide bonds. The van der Waals surface area contributed by atoms with Crippen molar-refractivity contribution in [3.8, 4) is 11.3 Å². The number of nitrogens with one attached hydrogen (secondary N) is 3. The number of benzene rings is 2. The first-order valence-corrected chi connectivity index (χ1v) is 21.5. The predicted octanol–water partition coefficient (Wildman–Crippen LogP) is 5.13. The molecule has 2 saturated carbocycles. The molecule has 4 heterocycles. The smallest absolute Gasteiger partial charge is 0.410 e. The molecule has 3 aromatic rings. The van der Waals surface area contributed by atoms with Gasteiger partial charge in [-0.15, -0.1) is 11.3 Å². The van der Waals surface area contributed by atoms with Crippen molar-refractivity contribution in [2.24, 2.45) is 5.92 Å². The number of fused-ring (bicyclic) bond motifs is 3. The van der Waals surface area contributed by atoms with Crippen LogP contribution < -0.4 is 15.4 Å². The van der Waals surface area contributed by atoms with Crippen LogP contribution >= 0.6 is 11.3 Å². The van der Waals surface area contributed by atoms with Crippen LogP contribution in [0.5, 0.6) is 0 Å². The van der Waals surface area contributed by atoms with Crippen LogP contribution in [0.25, 0.3) is 11.3 Å². The van der Waals surface area contributed by atoms with Gasteiger partial charge in [0.1, 0.15) is 29.5 Å². The van der Waals surface area contributed by atoms with Gasteiger partial charge in [-0.05, 0) is 68.4 Å². The van der Waals surface area contributed by atoms with Crippen LogP contribution in [0.15, 0.2) is 53.9 Å².